The van der Waals surface area contributed by atoms with Gasteiger partial charge in [-0.15, -0.1) is 0 Å². The number of carbonyl (C=O) groups is 3. The van der Waals surface area contributed by atoms with Crippen molar-refractivity contribution < 1.29 is 19.5 Å². The van der Waals surface area contributed by atoms with Crippen LogP contribution in [0.25, 0.3) is 0 Å². The number of aliphatic carboxylic acids is 1. The van der Waals surface area contributed by atoms with Gasteiger partial charge in [-0.1, -0.05) is 62.4 Å². The van der Waals surface area contributed by atoms with E-state index in [4.69, 9.17) is 0 Å². The number of hydrogen-bond donors (Lipinski definition) is 3. The van der Waals surface area contributed by atoms with E-state index < -0.39 is 24.0 Å². The van der Waals surface area contributed by atoms with Crippen LogP contribution in [0, 0.1) is 5.92 Å². The largest absolute Gasteiger partial charge is 0.480 e. The average molecular weight is 383 g/mol. The van der Waals surface area contributed by atoms with Crippen molar-refractivity contribution >= 4 is 17.8 Å². The minimum Gasteiger partial charge on any atom is -0.480 e. The summed E-state index contributed by atoms with van der Waals surface area (Å²) in [5.74, 6) is -1.88. The molecule has 0 radical (unpaired) electrons. The molecule has 0 aliphatic heterocycles. The number of carboxylic acid groups (broad SMARTS) is 1. The standard InChI is InChI=1S/C22H26N2O4/c1-15(2)13-19(22(27)28)24-21(26)18(14-16-9-5-3-6-10-16)23-20(25)17-11-7-4-8-12-17/h3-12,15,18-19H,13-14H2,1-2H3,(H,23,25)(H,24,26)(H,27,28)/t18-,19-/m0/s1/i18+1. The van der Waals surface area contributed by atoms with Crippen molar-refractivity contribution in [2.75, 3.05) is 0 Å². The van der Waals surface area contributed by atoms with Crippen LogP contribution in [0.5, 0.6) is 0 Å². The molecule has 2 aromatic carbocycles. The molecule has 0 aromatic heterocycles. The summed E-state index contributed by atoms with van der Waals surface area (Å²) in [7, 11) is 0. The SMILES string of the molecule is CC(C)C[C@H](NC(=O)[13C@H](Cc1ccccc1)NC(=O)c1ccccc1)C(=O)O. The Balaban J connectivity index is 2.17. The summed E-state index contributed by atoms with van der Waals surface area (Å²) < 4.78 is 0. The van der Waals surface area contributed by atoms with E-state index in [1.54, 1.807) is 30.3 Å². The highest BCUT2D eigenvalue weighted by molar-refractivity contribution is 5.98. The number of nitrogens with one attached hydrogen (secondary N) is 2. The van der Waals surface area contributed by atoms with Gasteiger partial charge >= 0.3 is 5.97 Å². The van der Waals surface area contributed by atoms with Crippen molar-refractivity contribution in [2.24, 2.45) is 5.92 Å². The van der Waals surface area contributed by atoms with Crippen molar-refractivity contribution in [3.05, 3.63) is 71.8 Å². The highest BCUT2D eigenvalue weighted by atomic mass is 16.4. The molecule has 0 unspecified atom stereocenters. The van der Waals surface area contributed by atoms with Gasteiger partial charge in [-0.05, 0) is 30.0 Å². The second kappa shape index (κ2) is 10.3. The van der Waals surface area contributed by atoms with E-state index in [-0.39, 0.29) is 18.2 Å². The van der Waals surface area contributed by atoms with Crippen LogP contribution in [-0.2, 0) is 16.0 Å². The van der Waals surface area contributed by atoms with Crippen molar-refractivity contribution in [3.63, 3.8) is 0 Å². The lowest BCUT2D eigenvalue weighted by atomic mass is 10.0. The van der Waals surface area contributed by atoms with Gasteiger partial charge in [0.25, 0.3) is 5.91 Å². The molecule has 0 bridgehead atoms. The van der Waals surface area contributed by atoms with Gasteiger partial charge in [0.1, 0.15) is 12.1 Å². The zero-order chi connectivity index (χ0) is 20.5. The fourth-order valence-electron chi connectivity index (χ4n) is 2.86. The molecule has 0 heterocycles. The first-order valence-electron chi connectivity index (χ1n) is 9.30. The third-order valence-corrected chi connectivity index (χ3v) is 4.26. The molecule has 28 heavy (non-hydrogen) atoms. The van der Waals surface area contributed by atoms with E-state index in [1.807, 2.05) is 44.2 Å². The first-order valence-corrected chi connectivity index (χ1v) is 9.30. The first kappa shape index (κ1) is 21.2. The molecular formula is C22H26N2O4. The van der Waals surface area contributed by atoms with Gasteiger partial charge in [0.15, 0.2) is 0 Å². The fraction of sp³-hybridized carbons (Fsp3) is 0.318. The quantitative estimate of drug-likeness (QED) is 0.580. The summed E-state index contributed by atoms with van der Waals surface area (Å²) >= 11 is 0. The van der Waals surface area contributed by atoms with Gasteiger partial charge in [-0.2, -0.15) is 0 Å². The smallest absolute Gasteiger partial charge is 0.326 e. The van der Waals surface area contributed by atoms with Crippen molar-refractivity contribution in [1.82, 2.24) is 10.6 Å². The van der Waals surface area contributed by atoms with Gasteiger partial charge in [0.05, 0.1) is 0 Å². The summed E-state index contributed by atoms with van der Waals surface area (Å²) in [5, 5.41) is 14.7. The Bertz CT molecular complexity index is 791. The number of hydrogen-bond acceptors (Lipinski definition) is 3. The second-order valence-corrected chi connectivity index (χ2v) is 7.11. The summed E-state index contributed by atoms with van der Waals surface area (Å²) in [6.45, 7) is 3.78. The topological polar surface area (TPSA) is 95.5 Å². The van der Waals surface area contributed by atoms with Gasteiger partial charge in [0, 0.05) is 12.0 Å². The summed E-state index contributed by atoms with van der Waals surface area (Å²) in [6.07, 6.45) is 0.574. The van der Waals surface area contributed by atoms with Crippen LogP contribution in [0.4, 0.5) is 0 Å². The maximum absolute atomic E-state index is 12.8. The van der Waals surface area contributed by atoms with Crippen molar-refractivity contribution in [2.45, 2.75) is 38.8 Å². The summed E-state index contributed by atoms with van der Waals surface area (Å²) in [4.78, 5) is 36.9. The van der Waals surface area contributed by atoms with Crippen LogP contribution < -0.4 is 10.6 Å². The lowest BCUT2D eigenvalue weighted by Gasteiger charge is -2.22. The molecule has 0 spiro atoms. The van der Waals surface area contributed by atoms with E-state index in [2.05, 4.69) is 10.6 Å². The van der Waals surface area contributed by atoms with Crippen LogP contribution in [0.2, 0.25) is 0 Å². The van der Waals surface area contributed by atoms with E-state index >= 15 is 0 Å². The lowest BCUT2D eigenvalue weighted by Crippen LogP contribution is -2.52. The normalized spacial score (nSPS) is 12.8. The number of benzene rings is 2. The van der Waals surface area contributed by atoms with Crippen LogP contribution in [-0.4, -0.2) is 35.0 Å². The summed E-state index contributed by atoms with van der Waals surface area (Å²) in [6, 6.07) is 16.0. The molecule has 0 fully saturated rings. The molecule has 2 amide bonds. The molecule has 0 saturated heterocycles. The average Bonchev–Trinajstić information content (AvgIpc) is 2.68. The third kappa shape index (κ3) is 6.54. The van der Waals surface area contributed by atoms with Crippen LogP contribution in [0.15, 0.2) is 60.7 Å². The van der Waals surface area contributed by atoms with Crippen LogP contribution >= 0.6 is 0 Å². The second-order valence-electron chi connectivity index (χ2n) is 7.11. The molecule has 2 rings (SSSR count). The Morgan fingerprint density at radius 2 is 1.43 bits per heavy atom. The highest BCUT2D eigenvalue weighted by Crippen LogP contribution is 2.09. The maximum Gasteiger partial charge on any atom is 0.326 e. The Morgan fingerprint density at radius 1 is 0.857 bits per heavy atom. The van der Waals surface area contributed by atoms with Crippen molar-refractivity contribution in [1.29, 1.82) is 0 Å². The molecular weight excluding hydrogens is 357 g/mol. The predicted molar refractivity (Wildman–Crippen MR) is 107 cm³/mol. The Labute approximate surface area is 165 Å². The van der Waals surface area contributed by atoms with E-state index in [0.29, 0.717) is 12.0 Å². The molecule has 0 aliphatic rings. The number of rotatable bonds is 9. The highest BCUT2D eigenvalue weighted by Gasteiger charge is 2.27. The minimum absolute atomic E-state index is 0.105. The summed E-state index contributed by atoms with van der Waals surface area (Å²) in [5.41, 5.74) is 1.30. The molecule has 2 aromatic rings. The third-order valence-electron chi connectivity index (χ3n) is 4.26. The maximum atomic E-state index is 12.8. The lowest BCUT2D eigenvalue weighted by molar-refractivity contribution is -0.142. The van der Waals surface area contributed by atoms with Crippen LogP contribution in [0.1, 0.15) is 36.2 Å². The molecule has 6 nitrogen and oxygen atoms in total. The van der Waals surface area contributed by atoms with Crippen LogP contribution in [0.3, 0.4) is 0 Å². The van der Waals surface area contributed by atoms with Gasteiger partial charge in [-0.25, -0.2) is 4.79 Å². The molecule has 148 valence electrons. The number of amides is 2. The van der Waals surface area contributed by atoms with E-state index in [1.165, 1.54) is 0 Å². The van der Waals surface area contributed by atoms with E-state index in [0.717, 1.165) is 5.56 Å². The van der Waals surface area contributed by atoms with Gasteiger partial charge in [-0.3, -0.25) is 9.59 Å². The minimum atomic E-state index is -1.09. The number of carbonyl (C=O) groups excluding carboxylic acids is 2. The van der Waals surface area contributed by atoms with Crippen molar-refractivity contribution in [3.8, 4) is 0 Å². The fourth-order valence-corrected chi connectivity index (χ4v) is 2.86. The molecule has 6 heteroatoms. The molecule has 0 saturated carbocycles. The Morgan fingerprint density at radius 3 is 1.96 bits per heavy atom. The molecule has 2 atom stereocenters. The van der Waals surface area contributed by atoms with E-state index in [9.17, 15) is 19.5 Å². The predicted octanol–water partition coefficient (Wildman–Crippen LogP) is 2.64. The zero-order valence-corrected chi connectivity index (χ0v) is 16.1. The van der Waals surface area contributed by atoms with Gasteiger partial charge in [0.2, 0.25) is 5.91 Å². The van der Waals surface area contributed by atoms with Gasteiger partial charge < -0.3 is 15.7 Å². The number of carboxylic acids is 1. The first-order chi connectivity index (χ1) is 13.4. The Kier molecular flexibility index (Phi) is 7.75. The molecule has 3 N–H and O–H groups in total. The molecule has 0 aliphatic carbocycles. The monoisotopic (exact) mass is 383 g/mol. The Hall–Kier alpha value is -3.15. The zero-order valence-electron chi connectivity index (χ0n) is 16.1.